The number of carbonyl (C=O) groups excluding carboxylic acids is 3. The molecule has 42 heavy (non-hydrogen) atoms. The SMILES string of the molecule is CCCCCCN(C(=O)CCCC)C(CC(OC(=O)NCCOCCOCCO)c1nc(C(=O)OCC)cs1)C(C)C. The largest absolute Gasteiger partial charge is 0.461 e. The molecule has 2 N–H and O–H groups in total. The van der Waals surface area contributed by atoms with Crippen molar-refractivity contribution in [2.75, 3.05) is 52.7 Å². The molecular formula is C30H53N3O8S. The van der Waals surface area contributed by atoms with Gasteiger partial charge in [-0.15, -0.1) is 11.3 Å². The van der Waals surface area contributed by atoms with E-state index in [0.717, 1.165) is 38.5 Å². The molecule has 1 aromatic heterocycles. The molecule has 2 atom stereocenters. The molecule has 11 nitrogen and oxygen atoms in total. The molecular weight excluding hydrogens is 562 g/mol. The number of unbranched alkanes of at least 4 members (excludes halogenated alkanes) is 4. The Bertz CT molecular complexity index is 882. The Morgan fingerprint density at radius 2 is 1.71 bits per heavy atom. The fourth-order valence-corrected chi connectivity index (χ4v) is 5.18. The Labute approximate surface area is 255 Å². The summed E-state index contributed by atoms with van der Waals surface area (Å²) >= 11 is 1.23. The predicted octanol–water partition coefficient (Wildman–Crippen LogP) is 5.13. The molecule has 242 valence electrons. The number of hydrogen-bond acceptors (Lipinski definition) is 10. The summed E-state index contributed by atoms with van der Waals surface area (Å²) in [5, 5.41) is 13.5. The van der Waals surface area contributed by atoms with Crippen LogP contribution in [0.2, 0.25) is 0 Å². The lowest BCUT2D eigenvalue weighted by molar-refractivity contribution is -0.135. The van der Waals surface area contributed by atoms with Crippen LogP contribution in [0.15, 0.2) is 5.38 Å². The van der Waals surface area contributed by atoms with E-state index in [9.17, 15) is 14.4 Å². The van der Waals surface area contributed by atoms with Crippen LogP contribution in [0.5, 0.6) is 0 Å². The van der Waals surface area contributed by atoms with Gasteiger partial charge in [0.1, 0.15) is 5.01 Å². The number of nitrogens with one attached hydrogen (secondary N) is 1. The summed E-state index contributed by atoms with van der Waals surface area (Å²) in [4.78, 5) is 45.0. The summed E-state index contributed by atoms with van der Waals surface area (Å²) in [7, 11) is 0. The number of amides is 2. The average Bonchev–Trinajstić information content (AvgIpc) is 3.46. The van der Waals surface area contributed by atoms with Crippen molar-refractivity contribution >= 4 is 29.3 Å². The maximum atomic E-state index is 13.4. The van der Waals surface area contributed by atoms with E-state index in [1.807, 2.05) is 4.90 Å². The zero-order valence-corrected chi connectivity index (χ0v) is 27.0. The lowest BCUT2D eigenvalue weighted by Crippen LogP contribution is -2.45. The maximum Gasteiger partial charge on any atom is 0.407 e. The van der Waals surface area contributed by atoms with Gasteiger partial charge in [0.2, 0.25) is 5.91 Å². The van der Waals surface area contributed by atoms with Crippen LogP contribution in [0.25, 0.3) is 0 Å². The first-order chi connectivity index (χ1) is 20.3. The van der Waals surface area contributed by atoms with Crippen LogP contribution in [0, 0.1) is 5.92 Å². The molecule has 0 saturated heterocycles. The summed E-state index contributed by atoms with van der Waals surface area (Å²) < 4.78 is 21.6. The van der Waals surface area contributed by atoms with E-state index in [1.54, 1.807) is 12.3 Å². The number of thiazole rings is 1. The van der Waals surface area contributed by atoms with Gasteiger partial charge in [-0.2, -0.15) is 0 Å². The highest BCUT2D eigenvalue weighted by molar-refractivity contribution is 7.09. The Kier molecular flexibility index (Phi) is 20.9. The topological polar surface area (TPSA) is 137 Å². The monoisotopic (exact) mass is 615 g/mol. The van der Waals surface area contributed by atoms with E-state index in [4.69, 9.17) is 24.1 Å². The van der Waals surface area contributed by atoms with Gasteiger partial charge in [-0.05, 0) is 25.7 Å². The molecule has 1 aromatic rings. The first-order valence-corrected chi connectivity index (χ1v) is 16.3. The fraction of sp³-hybridized carbons (Fsp3) is 0.800. The second-order valence-electron chi connectivity index (χ2n) is 10.4. The van der Waals surface area contributed by atoms with Crippen LogP contribution in [0.3, 0.4) is 0 Å². The van der Waals surface area contributed by atoms with Crippen molar-refractivity contribution < 1.29 is 38.4 Å². The molecule has 0 bridgehead atoms. The van der Waals surface area contributed by atoms with E-state index in [2.05, 4.69) is 38.0 Å². The molecule has 0 saturated carbocycles. The molecule has 0 aliphatic heterocycles. The predicted molar refractivity (Wildman–Crippen MR) is 163 cm³/mol. The smallest absolute Gasteiger partial charge is 0.407 e. The van der Waals surface area contributed by atoms with Gasteiger partial charge >= 0.3 is 12.1 Å². The summed E-state index contributed by atoms with van der Waals surface area (Å²) in [6.45, 7) is 12.4. The van der Waals surface area contributed by atoms with E-state index >= 15 is 0 Å². The fourth-order valence-electron chi connectivity index (χ4n) is 4.35. The molecule has 2 amide bonds. The Hall–Kier alpha value is -2.28. The maximum absolute atomic E-state index is 13.4. The van der Waals surface area contributed by atoms with Crippen molar-refractivity contribution in [3.63, 3.8) is 0 Å². The van der Waals surface area contributed by atoms with Crippen molar-refractivity contribution in [1.82, 2.24) is 15.2 Å². The van der Waals surface area contributed by atoms with Gasteiger partial charge in [0, 0.05) is 37.4 Å². The van der Waals surface area contributed by atoms with Gasteiger partial charge in [0.15, 0.2) is 11.8 Å². The number of aromatic nitrogens is 1. The van der Waals surface area contributed by atoms with Gasteiger partial charge in [-0.3, -0.25) is 4.79 Å². The third-order valence-corrected chi connectivity index (χ3v) is 7.53. The molecule has 1 rings (SSSR count). The highest BCUT2D eigenvalue weighted by atomic mass is 32.1. The molecule has 12 heteroatoms. The third-order valence-electron chi connectivity index (χ3n) is 6.60. The van der Waals surface area contributed by atoms with E-state index in [-0.39, 0.29) is 56.5 Å². The molecule has 1 heterocycles. The van der Waals surface area contributed by atoms with Crippen LogP contribution >= 0.6 is 11.3 Å². The average molecular weight is 616 g/mol. The van der Waals surface area contributed by atoms with Gasteiger partial charge in [0.25, 0.3) is 0 Å². The normalized spacial score (nSPS) is 12.6. The molecule has 0 aliphatic carbocycles. The van der Waals surface area contributed by atoms with Crippen molar-refractivity contribution in [3.05, 3.63) is 16.1 Å². The minimum atomic E-state index is -0.768. The molecule has 0 aromatic carbocycles. The third kappa shape index (κ3) is 15.3. The summed E-state index contributed by atoms with van der Waals surface area (Å²) in [5.74, 6) is -0.320. The summed E-state index contributed by atoms with van der Waals surface area (Å²) in [6, 6.07) is -0.189. The number of carbonyl (C=O) groups is 3. The number of alkyl carbamates (subject to hydrolysis) is 1. The molecule has 0 aliphatic rings. The number of rotatable bonds is 24. The lowest BCUT2D eigenvalue weighted by Gasteiger charge is -2.36. The number of ether oxygens (including phenoxy) is 4. The zero-order chi connectivity index (χ0) is 31.2. The van der Waals surface area contributed by atoms with Crippen molar-refractivity contribution in [3.8, 4) is 0 Å². The molecule has 0 spiro atoms. The van der Waals surface area contributed by atoms with Crippen LogP contribution in [-0.4, -0.2) is 91.7 Å². The van der Waals surface area contributed by atoms with Crippen LogP contribution in [0.1, 0.15) is 108 Å². The van der Waals surface area contributed by atoms with E-state index in [1.165, 1.54) is 11.3 Å². The van der Waals surface area contributed by atoms with E-state index < -0.39 is 18.2 Å². The Morgan fingerprint density at radius 3 is 2.36 bits per heavy atom. The first-order valence-electron chi connectivity index (χ1n) is 15.4. The molecule has 0 radical (unpaired) electrons. The number of esters is 1. The van der Waals surface area contributed by atoms with Gasteiger partial charge in [-0.1, -0.05) is 53.4 Å². The highest BCUT2D eigenvalue weighted by Gasteiger charge is 2.32. The van der Waals surface area contributed by atoms with Crippen molar-refractivity contribution in [1.29, 1.82) is 0 Å². The summed E-state index contributed by atoms with van der Waals surface area (Å²) in [6.07, 6.45) is 5.37. The van der Waals surface area contributed by atoms with Gasteiger partial charge < -0.3 is 34.3 Å². The number of nitrogens with zero attached hydrogens (tertiary/aromatic N) is 2. The Balaban J connectivity index is 3.07. The van der Waals surface area contributed by atoms with Gasteiger partial charge in [0.05, 0.1) is 39.6 Å². The Morgan fingerprint density at radius 1 is 1.00 bits per heavy atom. The minimum absolute atomic E-state index is 0.0455. The second-order valence-corrected chi connectivity index (χ2v) is 11.2. The van der Waals surface area contributed by atoms with Gasteiger partial charge in [-0.25, -0.2) is 14.6 Å². The number of hydrogen-bond donors (Lipinski definition) is 2. The highest BCUT2D eigenvalue weighted by Crippen LogP contribution is 2.31. The first kappa shape index (κ1) is 37.7. The number of aliphatic hydroxyl groups excluding tert-OH is 1. The molecule has 0 fully saturated rings. The standard InChI is InChI=1S/C30H53N3O8S/c1-6-9-11-12-15-33(27(35)13-10-7-2)25(23(4)5)21-26(28-32-24(22-42-28)29(36)40-8-3)41-30(37)31-14-17-38-19-20-39-18-16-34/h22-23,25-26,34H,6-21H2,1-5H3,(H,31,37). The number of aliphatic hydroxyl groups is 1. The minimum Gasteiger partial charge on any atom is -0.461 e. The summed E-state index contributed by atoms with van der Waals surface area (Å²) in [5.41, 5.74) is 0.166. The van der Waals surface area contributed by atoms with Crippen molar-refractivity contribution in [2.24, 2.45) is 5.92 Å². The lowest BCUT2D eigenvalue weighted by atomic mass is 9.95. The van der Waals surface area contributed by atoms with Crippen LogP contribution < -0.4 is 5.32 Å². The van der Waals surface area contributed by atoms with Crippen LogP contribution in [0.4, 0.5) is 4.79 Å². The molecule has 2 unspecified atom stereocenters. The quantitative estimate of drug-likeness (QED) is 0.120. The van der Waals surface area contributed by atoms with E-state index in [0.29, 0.717) is 37.6 Å². The van der Waals surface area contributed by atoms with Crippen molar-refractivity contribution in [2.45, 2.75) is 98.1 Å². The zero-order valence-electron chi connectivity index (χ0n) is 26.2. The van der Waals surface area contributed by atoms with Crippen LogP contribution in [-0.2, 0) is 23.7 Å². The second kappa shape index (κ2) is 23.2.